The summed E-state index contributed by atoms with van der Waals surface area (Å²) in [4.78, 5) is 40.0. The molecule has 0 bridgehead atoms. The number of amides is 1. The Morgan fingerprint density at radius 3 is 1.86 bits per heavy atom. The van der Waals surface area contributed by atoms with Crippen molar-refractivity contribution in [1.29, 1.82) is 0 Å². The molecular weight excluding hydrogens is 550 g/mol. The Morgan fingerprint density at radius 2 is 1.26 bits per heavy atom. The molecule has 1 amide bonds. The summed E-state index contributed by atoms with van der Waals surface area (Å²) >= 11 is 5.89. The molecular formula is C35H64ClNO5. The highest BCUT2D eigenvalue weighted by Crippen LogP contribution is 2.20. The lowest BCUT2D eigenvalue weighted by atomic mass is 9.94. The molecule has 0 saturated heterocycles. The summed E-state index contributed by atoms with van der Waals surface area (Å²) in [5.41, 5.74) is 0. The Labute approximate surface area is 263 Å². The summed E-state index contributed by atoms with van der Waals surface area (Å²) in [5.74, 6) is -0.336. The summed E-state index contributed by atoms with van der Waals surface area (Å²) in [6.07, 6.45) is 22.7. The largest absolute Gasteiger partial charge is 0.464 e. The summed E-state index contributed by atoms with van der Waals surface area (Å²) < 4.78 is 11.2. The van der Waals surface area contributed by atoms with Gasteiger partial charge in [0.15, 0.2) is 0 Å². The van der Waals surface area contributed by atoms with E-state index < -0.39 is 0 Å². The Balaban J connectivity index is 4.74. The molecule has 0 aromatic heterocycles. The van der Waals surface area contributed by atoms with Gasteiger partial charge in [0.1, 0.15) is 13.2 Å². The van der Waals surface area contributed by atoms with Crippen LogP contribution in [0.25, 0.3) is 0 Å². The van der Waals surface area contributed by atoms with E-state index in [0.29, 0.717) is 25.3 Å². The molecule has 2 atom stereocenters. The summed E-state index contributed by atoms with van der Waals surface area (Å²) in [6.45, 7) is 10.9. The first kappa shape index (κ1) is 40.4. The summed E-state index contributed by atoms with van der Waals surface area (Å²) in [7, 11) is 0. The van der Waals surface area contributed by atoms with Gasteiger partial charge in [0.05, 0.1) is 19.0 Å². The molecule has 7 heteroatoms. The van der Waals surface area contributed by atoms with Crippen LogP contribution in [0.15, 0.2) is 12.7 Å². The Morgan fingerprint density at radius 1 is 0.738 bits per heavy atom. The number of nitrogens with zero attached hydrogens (tertiary/aromatic N) is 1. The molecule has 42 heavy (non-hydrogen) atoms. The fourth-order valence-electron chi connectivity index (χ4n) is 5.10. The standard InChI is InChI=1S/C35H64ClNO5/c1-5-8-11-14-16-18-21-24-33(38)41-29-27-37(34(39)31(4)25-26-36)28-30-42-35(40)32(22-19-13-10-7-3)23-20-17-15-12-9-6-2/h5,31-32H,1,6-30H2,2-4H3. The second-order valence-corrected chi connectivity index (χ2v) is 12.2. The van der Waals surface area contributed by atoms with Gasteiger partial charge in [-0.05, 0) is 38.5 Å². The highest BCUT2D eigenvalue weighted by atomic mass is 35.5. The van der Waals surface area contributed by atoms with Crippen LogP contribution in [-0.2, 0) is 23.9 Å². The Hall–Kier alpha value is -1.56. The van der Waals surface area contributed by atoms with Crippen molar-refractivity contribution in [3.8, 4) is 0 Å². The number of esters is 2. The fourth-order valence-corrected chi connectivity index (χ4v) is 5.43. The second-order valence-electron chi connectivity index (χ2n) is 11.8. The number of hydrogen-bond acceptors (Lipinski definition) is 5. The number of ether oxygens (including phenoxy) is 2. The first-order valence-corrected chi connectivity index (χ1v) is 17.7. The van der Waals surface area contributed by atoms with Crippen LogP contribution in [0, 0.1) is 11.8 Å². The van der Waals surface area contributed by atoms with E-state index in [-0.39, 0.29) is 49.4 Å². The van der Waals surface area contributed by atoms with Crippen LogP contribution in [-0.4, -0.2) is 54.9 Å². The van der Waals surface area contributed by atoms with Crippen molar-refractivity contribution in [2.75, 3.05) is 32.2 Å². The van der Waals surface area contributed by atoms with Gasteiger partial charge >= 0.3 is 11.9 Å². The molecule has 0 aromatic rings. The maximum absolute atomic E-state index is 13.1. The average Bonchev–Trinajstić information content (AvgIpc) is 2.98. The minimum Gasteiger partial charge on any atom is -0.464 e. The van der Waals surface area contributed by atoms with E-state index in [9.17, 15) is 14.4 Å². The molecule has 0 rings (SSSR count). The monoisotopic (exact) mass is 613 g/mol. The number of carbonyl (C=O) groups excluding carboxylic acids is 3. The van der Waals surface area contributed by atoms with Gasteiger partial charge in [-0.3, -0.25) is 14.4 Å². The molecule has 6 nitrogen and oxygen atoms in total. The normalized spacial score (nSPS) is 12.5. The fraction of sp³-hybridized carbons (Fsp3) is 0.857. The van der Waals surface area contributed by atoms with Crippen LogP contribution in [0.3, 0.4) is 0 Å². The van der Waals surface area contributed by atoms with Crippen LogP contribution >= 0.6 is 11.6 Å². The third-order valence-electron chi connectivity index (χ3n) is 7.94. The van der Waals surface area contributed by atoms with Crippen molar-refractivity contribution in [1.82, 2.24) is 4.90 Å². The lowest BCUT2D eigenvalue weighted by molar-refractivity contribution is -0.152. The molecule has 0 saturated carbocycles. The van der Waals surface area contributed by atoms with Crippen LogP contribution in [0.5, 0.6) is 0 Å². The van der Waals surface area contributed by atoms with Gasteiger partial charge < -0.3 is 14.4 Å². The highest BCUT2D eigenvalue weighted by molar-refractivity contribution is 6.18. The number of rotatable bonds is 30. The van der Waals surface area contributed by atoms with Crippen molar-refractivity contribution >= 4 is 29.4 Å². The zero-order valence-corrected chi connectivity index (χ0v) is 28.2. The molecule has 0 aromatic carbocycles. The maximum atomic E-state index is 13.1. The quantitative estimate of drug-likeness (QED) is 0.0349. The van der Waals surface area contributed by atoms with Crippen LogP contribution in [0.2, 0.25) is 0 Å². The van der Waals surface area contributed by atoms with E-state index in [1.54, 1.807) is 4.90 Å². The maximum Gasteiger partial charge on any atom is 0.308 e. The zero-order chi connectivity index (χ0) is 31.3. The van der Waals surface area contributed by atoms with E-state index in [4.69, 9.17) is 21.1 Å². The van der Waals surface area contributed by atoms with Crippen molar-refractivity contribution in [3.05, 3.63) is 12.7 Å². The van der Waals surface area contributed by atoms with Gasteiger partial charge in [0, 0.05) is 18.2 Å². The highest BCUT2D eigenvalue weighted by Gasteiger charge is 2.23. The molecule has 0 aliphatic rings. The summed E-state index contributed by atoms with van der Waals surface area (Å²) in [6, 6.07) is 0. The predicted octanol–water partition coefficient (Wildman–Crippen LogP) is 9.42. The molecule has 0 aliphatic heterocycles. The number of hydrogen-bond donors (Lipinski definition) is 0. The lowest BCUT2D eigenvalue weighted by Gasteiger charge is -2.26. The molecule has 0 heterocycles. The number of halogens is 1. The molecule has 0 fully saturated rings. The Kier molecular flexibility index (Phi) is 28.4. The van der Waals surface area contributed by atoms with Gasteiger partial charge in [-0.1, -0.05) is 110 Å². The lowest BCUT2D eigenvalue weighted by Crippen LogP contribution is -2.40. The first-order valence-electron chi connectivity index (χ1n) is 17.2. The van der Waals surface area contributed by atoms with E-state index in [1.165, 1.54) is 38.5 Å². The third-order valence-corrected chi connectivity index (χ3v) is 8.16. The number of unbranched alkanes of at least 4 members (excludes halogenated alkanes) is 13. The second kappa shape index (κ2) is 29.5. The summed E-state index contributed by atoms with van der Waals surface area (Å²) in [5, 5.41) is 0. The number of allylic oxidation sites excluding steroid dienone is 1. The smallest absolute Gasteiger partial charge is 0.308 e. The van der Waals surface area contributed by atoms with Gasteiger partial charge in [0.25, 0.3) is 0 Å². The van der Waals surface area contributed by atoms with E-state index in [1.807, 2.05) is 13.0 Å². The van der Waals surface area contributed by atoms with Crippen molar-refractivity contribution < 1.29 is 23.9 Å². The average molecular weight is 614 g/mol. The van der Waals surface area contributed by atoms with Crippen LogP contribution in [0.4, 0.5) is 0 Å². The molecule has 246 valence electrons. The molecule has 0 spiro atoms. The topological polar surface area (TPSA) is 72.9 Å². The van der Waals surface area contributed by atoms with E-state index >= 15 is 0 Å². The molecule has 0 radical (unpaired) electrons. The van der Waals surface area contributed by atoms with E-state index in [0.717, 1.165) is 77.0 Å². The first-order chi connectivity index (χ1) is 20.4. The predicted molar refractivity (Wildman–Crippen MR) is 176 cm³/mol. The van der Waals surface area contributed by atoms with Crippen LogP contribution < -0.4 is 0 Å². The van der Waals surface area contributed by atoms with Gasteiger partial charge in [-0.2, -0.15) is 0 Å². The molecule has 2 unspecified atom stereocenters. The van der Waals surface area contributed by atoms with Gasteiger partial charge in [0.2, 0.25) is 5.91 Å². The zero-order valence-electron chi connectivity index (χ0n) is 27.5. The number of carbonyl (C=O) groups is 3. The van der Waals surface area contributed by atoms with Crippen molar-refractivity contribution in [3.63, 3.8) is 0 Å². The minimum absolute atomic E-state index is 0.0505. The van der Waals surface area contributed by atoms with Crippen molar-refractivity contribution in [2.45, 2.75) is 149 Å². The van der Waals surface area contributed by atoms with Gasteiger partial charge in [-0.15, -0.1) is 18.2 Å². The van der Waals surface area contributed by atoms with Crippen LogP contribution in [0.1, 0.15) is 149 Å². The van der Waals surface area contributed by atoms with E-state index in [2.05, 4.69) is 20.4 Å². The Bertz CT molecular complexity index is 686. The van der Waals surface area contributed by atoms with Gasteiger partial charge in [-0.25, -0.2) is 0 Å². The SMILES string of the molecule is C=CCCCCCCCC(=O)OCCN(CCOC(=O)C(CCCCCC)CCCCCCCC)C(=O)C(C)CCCl. The van der Waals surface area contributed by atoms with Crippen molar-refractivity contribution in [2.24, 2.45) is 11.8 Å². The third kappa shape index (κ3) is 23.0. The molecule has 0 N–H and O–H groups in total. The molecule has 0 aliphatic carbocycles. The number of alkyl halides is 1. The minimum atomic E-state index is -0.242.